The molecule has 0 aromatic heterocycles. The summed E-state index contributed by atoms with van der Waals surface area (Å²) in [5, 5.41) is 0. The van der Waals surface area contributed by atoms with E-state index in [4.69, 9.17) is 10.5 Å². The molecule has 0 saturated heterocycles. The zero-order valence-corrected chi connectivity index (χ0v) is 14.1. The molecule has 0 spiro atoms. The van der Waals surface area contributed by atoms with E-state index in [1.54, 1.807) is 31.4 Å². The zero-order valence-electron chi connectivity index (χ0n) is 13.3. The maximum Gasteiger partial charge on any atom is 0.243 e. The molecule has 21 heavy (non-hydrogen) atoms. The first kappa shape index (κ1) is 17.9. The highest BCUT2D eigenvalue weighted by Crippen LogP contribution is 2.23. The molecule has 2 N–H and O–H groups in total. The molecule has 1 aromatic rings. The van der Waals surface area contributed by atoms with E-state index in [9.17, 15) is 8.42 Å². The van der Waals surface area contributed by atoms with E-state index in [1.807, 2.05) is 20.8 Å². The lowest BCUT2D eigenvalue weighted by Gasteiger charge is -2.31. The minimum Gasteiger partial charge on any atom is -0.497 e. The summed E-state index contributed by atoms with van der Waals surface area (Å²) < 4.78 is 32.1. The van der Waals surface area contributed by atoms with E-state index in [2.05, 4.69) is 0 Å². The molecule has 0 radical (unpaired) electrons. The van der Waals surface area contributed by atoms with Gasteiger partial charge in [0.05, 0.1) is 12.0 Å². The Kier molecular flexibility index (Phi) is 6.19. The first-order valence-electron chi connectivity index (χ1n) is 7.11. The van der Waals surface area contributed by atoms with Crippen molar-refractivity contribution < 1.29 is 13.2 Å². The Morgan fingerprint density at radius 3 is 2.24 bits per heavy atom. The second-order valence-corrected chi connectivity index (χ2v) is 7.82. The maximum absolute atomic E-state index is 12.8. The molecule has 120 valence electrons. The Morgan fingerprint density at radius 1 is 1.24 bits per heavy atom. The number of rotatable bonds is 8. The average Bonchev–Trinajstić information content (AvgIpc) is 2.46. The predicted molar refractivity (Wildman–Crippen MR) is 84.9 cm³/mol. The highest BCUT2D eigenvalue weighted by molar-refractivity contribution is 7.89. The van der Waals surface area contributed by atoms with Crippen molar-refractivity contribution >= 4 is 10.0 Å². The van der Waals surface area contributed by atoms with Gasteiger partial charge in [-0.3, -0.25) is 0 Å². The van der Waals surface area contributed by atoms with Gasteiger partial charge < -0.3 is 10.5 Å². The molecule has 1 rings (SSSR count). The fraction of sp³-hybridized carbons (Fsp3) is 0.600. The van der Waals surface area contributed by atoms with Gasteiger partial charge in [-0.1, -0.05) is 20.8 Å². The van der Waals surface area contributed by atoms with Crippen LogP contribution in [0.1, 0.15) is 27.2 Å². The lowest BCUT2D eigenvalue weighted by atomic mass is 9.94. The summed E-state index contributed by atoms with van der Waals surface area (Å²) in [4.78, 5) is 0.282. The first-order chi connectivity index (χ1) is 9.76. The van der Waals surface area contributed by atoms with Crippen LogP contribution in [-0.2, 0) is 10.0 Å². The second-order valence-electron chi connectivity index (χ2n) is 5.88. The highest BCUT2D eigenvalue weighted by Gasteiger charge is 2.29. The van der Waals surface area contributed by atoms with Crippen LogP contribution in [-0.4, -0.2) is 39.5 Å². The van der Waals surface area contributed by atoms with Crippen molar-refractivity contribution in [2.75, 3.05) is 26.7 Å². The zero-order chi connectivity index (χ0) is 16.1. The number of hydrogen-bond donors (Lipinski definition) is 1. The van der Waals surface area contributed by atoms with Gasteiger partial charge in [0.25, 0.3) is 0 Å². The van der Waals surface area contributed by atoms with Crippen LogP contribution >= 0.6 is 0 Å². The molecule has 5 nitrogen and oxygen atoms in total. The van der Waals surface area contributed by atoms with Crippen LogP contribution in [0.25, 0.3) is 0 Å². The van der Waals surface area contributed by atoms with Crippen molar-refractivity contribution in [1.29, 1.82) is 0 Å². The number of benzene rings is 1. The number of nitrogens with zero attached hydrogens (tertiary/aromatic N) is 1. The van der Waals surface area contributed by atoms with Crippen LogP contribution in [0.5, 0.6) is 5.75 Å². The average molecular weight is 314 g/mol. The lowest BCUT2D eigenvalue weighted by molar-refractivity contribution is 0.266. The summed E-state index contributed by atoms with van der Waals surface area (Å²) in [5.41, 5.74) is 5.48. The van der Waals surface area contributed by atoms with E-state index in [1.165, 1.54) is 4.31 Å². The van der Waals surface area contributed by atoms with Gasteiger partial charge in [0.2, 0.25) is 10.0 Å². The van der Waals surface area contributed by atoms with E-state index in [0.717, 1.165) is 6.42 Å². The van der Waals surface area contributed by atoms with Gasteiger partial charge in [0.1, 0.15) is 5.75 Å². The van der Waals surface area contributed by atoms with E-state index in [0.29, 0.717) is 25.4 Å². The fourth-order valence-corrected chi connectivity index (χ4v) is 3.69. The normalized spacial score (nSPS) is 12.7. The molecule has 0 atom stereocenters. The molecule has 0 fully saturated rings. The summed E-state index contributed by atoms with van der Waals surface area (Å²) in [6, 6.07) is 6.47. The van der Waals surface area contributed by atoms with Crippen LogP contribution in [0.4, 0.5) is 0 Å². The summed E-state index contributed by atoms with van der Waals surface area (Å²) in [6.07, 6.45) is 0.760. The monoisotopic (exact) mass is 314 g/mol. The molecule has 0 amide bonds. The third-order valence-corrected chi connectivity index (χ3v) is 5.19. The number of nitrogens with two attached hydrogens (primary N) is 1. The number of methoxy groups -OCH3 is 1. The third-order valence-electron chi connectivity index (χ3n) is 3.33. The smallest absolute Gasteiger partial charge is 0.243 e. The Hall–Kier alpha value is -1.11. The van der Waals surface area contributed by atoms with Crippen molar-refractivity contribution in [3.8, 4) is 5.75 Å². The SMILES string of the molecule is CCCN(CC(C)(C)CN)S(=O)(=O)c1ccc(OC)cc1. The van der Waals surface area contributed by atoms with Crippen LogP contribution in [0.15, 0.2) is 29.2 Å². The van der Waals surface area contributed by atoms with Crippen LogP contribution in [0.2, 0.25) is 0 Å². The minimum absolute atomic E-state index is 0.255. The number of ether oxygens (including phenoxy) is 1. The Balaban J connectivity index is 3.08. The second kappa shape index (κ2) is 7.24. The molecule has 0 aliphatic rings. The standard InChI is InChI=1S/C15H26N2O3S/c1-5-10-17(12-15(2,3)11-16)21(18,19)14-8-6-13(20-4)7-9-14/h6-9H,5,10-12,16H2,1-4H3. The summed E-state index contributed by atoms with van der Waals surface area (Å²) in [7, 11) is -1.96. The quantitative estimate of drug-likeness (QED) is 0.797. The number of sulfonamides is 1. The van der Waals surface area contributed by atoms with Gasteiger partial charge in [-0.2, -0.15) is 4.31 Å². The molecular weight excluding hydrogens is 288 g/mol. The molecule has 6 heteroatoms. The van der Waals surface area contributed by atoms with Gasteiger partial charge in [-0.15, -0.1) is 0 Å². The van der Waals surface area contributed by atoms with Crippen molar-refractivity contribution in [3.63, 3.8) is 0 Å². The van der Waals surface area contributed by atoms with Gasteiger partial charge in [0.15, 0.2) is 0 Å². The van der Waals surface area contributed by atoms with Gasteiger partial charge in [0, 0.05) is 13.1 Å². The molecule has 0 unspecified atom stereocenters. The van der Waals surface area contributed by atoms with E-state index >= 15 is 0 Å². The fourth-order valence-electron chi connectivity index (χ4n) is 1.97. The van der Waals surface area contributed by atoms with Gasteiger partial charge in [-0.05, 0) is 42.6 Å². The summed E-state index contributed by atoms with van der Waals surface area (Å²) in [5.74, 6) is 0.637. The Morgan fingerprint density at radius 2 is 1.81 bits per heavy atom. The highest BCUT2D eigenvalue weighted by atomic mass is 32.2. The molecule has 0 aliphatic heterocycles. The molecule has 0 saturated carbocycles. The van der Waals surface area contributed by atoms with E-state index < -0.39 is 10.0 Å². The Bertz CT molecular complexity index is 539. The van der Waals surface area contributed by atoms with Crippen molar-refractivity contribution in [2.45, 2.75) is 32.1 Å². The first-order valence-corrected chi connectivity index (χ1v) is 8.55. The molecular formula is C15H26N2O3S. The molecule has 0 aliphatic carbocycles. The summed E-state index contributed by atoms with van der Waals surface area (Å²) in [6.45, 7) is 7.24. The van der Waals surface area contributed by atoms with Gasteiger partial charge >= 0.3 is 0 Å². The van der Waals surface area contributed by atoms with Gasteiger partial charge in [-0.25, -0.2) is 8.42 Å². The molecule has 0 bridgehead atoms. The van der Waals surface area contributed by atoms with Crippen molar-refractivity contribution in [3.05, 3.63) is 24.3 Å². The van der Waals surface area contributed by atoms with E-state index in [-0.39, 0.29) is 10.3 Å². The maximum atomic E-state index is 12.8. The Labute approximate surface area is 128 Å². The number of hydrogen-bond acceptors (Lipinski definition) is 4. The van der Waals surface area contributed by atoms with Crippen molar-refractivity contribution in [1.82, 2.24) is 4.31 Å². The topological polar surface area (TPSA) is 72.6 Å². The molecule has 1 aromatic carbocycles. The van der Waals surface area contributed by atoms with Crippen molar-refractivity contribution in [2.24, 2.45) is 11.1 Å². The predicted octanol–water partition coefficient (Wildman–Crippen LogP) is 2.08. The lowest BCUT2D eigenvalue weighted by Crippen LogP contribution is -2.42. The largest absolute Gasteiger partial charge is 0.497 e. The molecule has 0 heterocycles. The minimum atomic E-state index is -3.51. The van der Waals surface area contributed by atoms with Crippen LogP contribution in [0, 0.1) is 5.41 Å². The van der Waals surface area contributed by atoms with Crippen LogP contribution < -0.4 is 10.5 Å². The summed E-state index contributed by atoms with van der Waals surface area (Å²) >= 11 is 0. The van der Waals surface area contributed by atoms with Crippen LogP contribution in [0.3, 0.4) is 0 Å². The third kappa shape index (κ3) is 4.69.